The Bertz CT molecular complexity index is 233. The zero-order chi connectivity index (χ0) is 8.27. The predicted octanol–water partition coefficient (Wildman–Crippen LogP) is 1.72. The molecule has 0 amide bonds. The van der Waals surface area contributed by atoms with Crippen LogP contribution in [0.4, 0.5) is 0 Å². The molecule has 2 heteroatoms. The molecule has 57 valence electrons. The van der Waals surface area contributed by atoms with E-state index in [0.717, 1.165) is 0 Å². The van der Waals surface area contributed by atoms with Crippen molar-refractivity contribution in [3.63, 3.8) is 0 Å². The average Bonchev–Trinajstić information content (AvgIpc) is 1.93. The normalized spacial score (nSPS) is 10.5. The van der Waals surface area contributed by atoms with Crippen molar-refractivity contribution >= 4 is 28.8 Å². The number of hydrogen-bond acceptors (Lipinski definition) is 0. The van der Waals surface area contributed by atoms with Gasteiger partial charge in [0.2, 0.25) is 0 Å². The first kappa shape index (κ1) is 9.28. The standard InChI is InChI=1S/C9H12GeP/c1-11(2)7-8-5-3-4-6-9(8)10/h3-6H,7H2,1-2H3. The molecule has 0 unspecified atom stereocenters. The van der Waals surface area contributed by atoms with Crippen LogP contribution in [0.15, 0.2) is 24.3 Å². The van der Waals surface area contributed by atoms with E-state index in [1.165, 1.54) is 16.1 Å². The second-order valence-electron chi connectivity index (χ2n) is 2.89. The summed E-state index contributed by atoms with van der Waals surface area (Å²) in [6.07, 6.45) is 1.27. The Morgan fingerprint density at radius 2 is 1.91 bits per heavy atom. The molecule has 0 heterocycles. The van der Waals surface area contributed by atoms with Crippen molar-refractivity contribution in [2.45, 2.75) is 6.16 Å². The molecule has 0 aromatic heterocycles. The van der Waals surface area contributed by atoms with Crippen molar-refractivity contribution in [2.75, 3.05) is 13.3 Å². The van der Waals surface area contributed by atoms with Crippen LogP contribution >= 0.6 is 7.92 Å². The van der Waals surface area contributed by atoms with Gasteiger partial charge in [-0.3, -0.25) is 0 Å². The molecular weight excluding hydrogens is 212 g/mol. The molecule has 3 radical (unpaired) electrons. The molecule has 0 aliphatic rings. The zero-order valence-corrected chi connectivity index (χ0v) is 9.96. The van der Waals surface area contributed by atoms with E-state index in [9.17, 15) is 0 Å². The molecule has 0 aliphatic carbocycles. The molecular formula is C9H12GeP. The van der Waals surface area contributed by atoms with E-state index in [1.807, 2.05) is 0 Å². The summed E-state index contributed by atoms with van der Waals surface area (Å²) >= 11 is 2.19. The molecule has 1 rings (SSSR count). The van der Waals surface area contributed by atoms with E-state index in [2.05, 4.69) is 54.1 Å². The van der Waals surface area contributed by atoms with Crippen molar-refractivity contribution in [1.29, 1.82) is 0 Å². The molecule has 0 aliphatic heterocycles. The monoisotopic (exact) mass is 225 g/mol. The number of rotatable bonds is 2. The SMILES string of the molecule is CP(C)Cc1cccc[c]1[Ge]. The van der Waals surface area contributed by atoms with Crippen molar-refractivity contribution in [3.8, 4) is 0 Å². The quantitative estimate of drug-likeness (QED) is 0.529. The fraction of sp³-hybridized carbons (Fsp3) is 0.333. The Morgan fingerprint density at radius 1 is 1.27 bits per heavy atom. The number of benzene rings is 1. The summed E-state index contributed by atoms with van der Waals surface area (Å²) in [6.45, 7) is 4.64. The van der Waals surface area contributed by atoms with Crippen LogP contribution in [-0.4, -0.2) is 29.8 Å². The molecule has 1 aromatic rings. The van der Waals surface area contributed by atoms with Gasteiger partial charge < -0.3 is 0 Å². The van der Waals surface area contributed by atoms with Gasteiger partial charge in [0.1, 0.15) is 0 Å². The molecule has 1 aromatic carbocycles. The van der Waals surface area contributed by atoms with Crippen molar-refractivity contribution in [1.82, 2.24) is 0 Å². The predicted molar refractivity (Wildman–Crippen MR) is 54.3 cm³/mol. The summed E-state index contributed by atoms with van der Waals surface area (Å²) in [5.74, 6) is 0. The van der Waals surface area contributed by atoms with E-state index in [-0.39, 0.29) is 7.92 Å². The van der Waals surface area contributed by atoms with Gasteiger partial charge in [0.05, 0.1) is 0 Å². The second kappa shape index (κ2) is 4.28. The molecule has 11 heavy (non-hydrogen) atoms. The Kier molecular flexibility index (Phi) is 3.61. The van der Waals surface area contributed by atoms with Crippen LogP contribution in [0.25, 0.3) is 0 Å². The first-order valence-electron chi connectivity index (χ1n) is 3.64. The summed E-state index contributed by atoms with van der Waals surface area (Å²) < 4.78 is 1.43. The first-order chi connectivity index (χ1) is 5.20. The molecule has 0 bridgehead atoms. The van der Waals surface area contributed by atoms with Gasteiger partial charge in [0.15, 0.2) is 0 Å². The molecule has 0 N–H and O–H groups in total. The van der Waals surface area contributed by atoms with E-state index >= 15 is 0 Å². The van der Waals surface area contributed by atoms with Crippen molar-refractivity contribution in [2.24, 2.45) is 0 Å². The van der Waals surface area contributed by atoms with Gasteiger partial charge in [-0.1, -0.05) is 0 Å². The molecule has 0 spiro atoms. The van der Waals surface area contributed by atoms with Crippen LogP contribution in [0.2, 0.25) is 0 Å². The Labute approximate surface area is 78.4 Å². The third kappa shape index (κ3) is 2.96. The first-order valence-corrected chi connectivity index (χ1v) is 7.11. The third-order valence-corrected chi connectivity index (χ3v) is 3.50. The average molecular weight is 224 g/mol. The fourth-order valence-corrected chi connectivity index (χ4v) is 2.83. The minimum absolute atomic E-state index is 0.207. The van der Waals surface area contributed by atoms with E-state index < -0.39 is 0 Å². The van der Waals surface area contributed by atoms with Gasteiger partial charge in [-0.2, -0.15) is 0 Å². The molecule has 0 nitrogen and oxygen atoms in total. The maximum absolute atomic E-state index is 2.32. The minimum atomic E-state index is 0.207. The second-order valence-corrected chi connectivity index (χ2v) is 6.50. The summed E-state index contributed by atoms with van der Waals surface area (Å²) in [6, 6.07) is 8.65. The van der Waals surface area contributed by atoms with E-state index in [0.29, 0.717) is 0 Å². The molecule has 0 fully saturated rings. The van der Waals surface area contributed by atoms with Gasteiger partial charge in [-0.25, -0.2) is 0 Å². The van der Waals surface area contributed by atoms with Crippen LogP contribution in [0.5, 0.6) is 0 Å². The van der Waals surface area contributed by atoms with Crippen LogP contribution in [0.3, 0.4) is 0 Å². The fourth-order valence-electron chi connectivity index (χ4n) is 0.999. The molecule has 0 saturated heterocycles. The van der Waals surface area contributed by atoms with Gasteiger partial charge in [0.25, 0.3) is 0 Å². The maximum atomic E-state index is 2.32. The van der Waals surface area contributed by atoms with E-state index in [1.54, 1.807) is 0 Å². The van der Waals surface area contributed by atoms with Crippen molar-refractivity contribution < 1.29 is 0 Å². The summed E-state index contributed by atoms with van der Waals surface area (Å²) in [7, 11) is 0.207. The summed E-state index contributed by atoms with van der Waals surface area (Å²) in [5, 5.41) is 0. The Hall–Kier alpha value is 0.193. The van der Waals surface area contributed by atoms with Crippen molar-refractivity contribution in [3.05, 3.63) is 29.8 Å². The van der Waals surface area contributed by atoms with Crippen LogP contribution in [0, 0.1) is 0 Å². The summed E-state index contributed by atoms with van der Waals surface area (Å²) in [4.78, 5) is 0. The zero-order valence-electron chi connectivity index (χ0n) is 6.96. The van der Waals surface area contributed by atoms with Gasteiger partial charge >= 0.3 is 78.2 Å². The third-order valence-electron chi connectivity index (χ3n) is 1.50. The van der Waals surface area contributed by atoms with Gasteiger partial charge in [-0.15, -0.1) is 0 Å². The Balaban J connectivity index is 2.78. The van der Waals surface area contributed by atoms with E-state index in [4.69, 9.17) is 0 Å². The van der Waals surface area contributed by atoms with Gasteiger partial charge in [0, 0.05) is 0 Å². The van der Waals surface area contributed by atoms with Crippen LogP contribution in [0.1, 0.15) is 5.56 Å². The topological polar surface area (TPSA) is 0 Å². The summed E-state index contributed by atoms with van der Waals surface area (Å²) in [5.41, 5.74) is 1.52. The Morgan fingerprint density at radius 3 is 2.45 bits per heavy atom. The van der Waals surface area contributed by atoms with Gasteiger partial charge in [-0.05, 0) is 0 Å². The number of hydrogen-bond donors (Lipinski definition) is 0. The molecule has 0 saturated carbocycles. The molecule has 0 atom stereocenters. The van der Waals surface area contributed by atoms with Crippen LogP contribution in [-0.2, 0) is 6.16 Å². The van der Waals surface area contributed by atoms with Crippen LogP contribution < -0.4 is 4.40 Å².